The van der Waals surface area contributed by atoms with Gasteiger partial charge in [0.2, 0.25) is 5.88 Å². The Morgan fingerprint density at radius 3 is 2.33 bits per heavy atom. The molecule has 12 heavy (non-hydrogen) atoms. The molecule has 0 radical (unpaired) electrons. The molecule has 66 valence electrons. The van der Waals surface area contributed by atoms with Gasteiger partial charge in [-0.1, -0.05) is 0 Å². The molecule has 0 atom stereocenters. The average Bonchev–Trinajstić information content (AvgIpc) is 2.08. The third kappa shape index (κ3) is 1.49. The minimum absolute atomic E-state index is 0.631. The Balaban J connectivity index is 3.22. The molecule has 1 aromatic heterocycles. The number of pyridine rings is 1. The van der Waals surface area contributed by atoms with Gasteiger partial charge in [0.05, 0.1) is 19.8 Å². The van der Waals surface area contributed by atoms with E-state index in [1.165, 1.54) is 0 Å². The van der Waals surface area contributed by atoms with Crippen molar-refractivity contribution in [2.45, 2.75) is 13.8 Å². The average molecular weight is 167 g/mol. The molecule has 1 heterocycles. The quantitative estimate of drug-likeness (QED) is 0.672. The number of hydrogen-bond donors (Lipinski definition) is 0. The molecular weight excluding hydrogens is 154 g/mol. The standard InChI is InChI=1S/C9H13NO2/c1-6-5-8(11-3)7(2)9(10-6)12-4/h5H,1-4H3. The van der Waals surface area contributed by atoms with Crippen LogP contribution in [0.5, 0.6) is 11.6 Å². The van der Waals surface area contributed by atoms with Gasteiger partial charge in [0.15, 0.2) is 0 Å². The van der Waals surface area contributed by atoms with E-state index >= 15 is 0 Å². The highest BCUT2D eigenvalue weighted by atomic mass is 16.5. The van der Waals surface area contributed by atoms with Crippen LogP contribution < -0.4 is 9.47 Å². The van der Waals surface area contributed by atoms with Crippen LogP contribution in [0.25, 0.3) is 0 Å². The molecule has 0 saturated heterocycles. The molecule has 0 unspecified atom stereocenters. The lowest BCUT2D eigenvalue weighted by Gasteiger charge is -2.09. The van der Waals surface area contributed by atoms with Crippen LogP contribution in [0.1, 0.15) is 11.3 Å². The molecule has 0 aromatic carbocycles. The highest BCUT2D eigenvalue weighted by Gasteiger charge is 2.06. The minimum Gasteiger partial charge on any atom is -0.496 e. The summed E-state index contributed by atoms with van der Waals surface area (Å²) in [6.45, 7) is 3.83. The predicted octanol–water partition coefficient (Wildman–Crippen LogP) is 1.72. The molecule has 1 rings (SSSR count). The summed E-state index contributed by atoms with van der Waals surface area (Å²) < 4.78 is 10.2. The molecule has 0 aliphatic carbocycles. The summed E-state index contributed by atoms with van der Waals surface area (Å²) in [7, 11) is 3.25. The van der Waals surface area contributed by atoms with Crippen LogP contribution in [-0.4, -0.2) is 19.2 Å². The van der Waals surface area contributed by atoms with E-state index in [4.69, 9.17) is 9.47 Å². The van der Waals surface area contributed by atoms with Crippen LogP contribution in [0.2, 0.25) is 0 Å². The van der Waals surface area contributed by atoms with Crippen LogP contribution in [0.3, 0.4) is 0 Å². The zero-order valence-corrected chi connectivity index (χ0v) is 7.84. The molecule has 0 spiro atoms. The van der Waals surface area contributed by atoms with E-state index in [1.807, 2.05) is 19.9 Å². The molecule has 1 aromatic rings. The van der Waals surface area contributed by atoms with Crippen molar-refractivity contribution in [3.05, 3.63) is 17.3 Å². The van der Waals surface area contributed by atoms with Crippen LogP contribution in [0, 0.1) is 13.8 Å². The number of aromatic nitrogens is 1. The van der Waals surface area contributed by atoms with Gasteiger partial charge in [-0.2, -0.15) is 0 Å². The number of nitrogens with zero attached hydrogens (tertiary/aromatic N) is 1. The molecule has 0 aliphatic heterocycles. The van der Waals surface area contributed by atoms with E-state index in [0.29, 0.717) is 5.88 Å². The van der Waals surface area contributed by atoms with Gasteiger partial charge in [0.1, 0.15) is 5.75 Å². The summed E-state index contributed by atoms with van der Waals surface area (Å²) in [6, 6.07) is 1.89. The number of ether oxygens (including phenoxy) is 2. The molecular formula is C9H13NO2. The third-order valence-electron chi connectivity index (χ3n) is 1.72. The van der Waals surface area contributed by atoms with Crippen molar-refractivity contribution in [3.63, 3.8) is 0 Å². The van der Waals surface area contributed by atoms with Gasteiger partial charge >= 0.3 is 0 Å². The Morgan fingerprint density at radius 1 is 1.17 bits per heavy atom. The summed E-state index contributed by atoms with van der Waals surface area (Å²) in [5.74, 6) is 1.45. The fourth-order valence-corrected chi connectivity index (χ4v) is 1.09. The van der Waals surface area contributed by atoms with Crippen molar-refractivity contribution in [3.8, 4) is 11.6 Å². The van der Waals surface area contributed by atoms with E-state index in [1.54, 1.807) is 14.2 Å². The highest BCUT2D eigenvalue weighted by Crippen LogP contribution is 2.25. The number of rotatable bonds is 2. The summed E-state index contributed by atoms with van der Waals surface area (Å²) >= 11 is 0. The topological polar surface area (TPSA) is 31.4 Å². The summed E-state index contributed by atoms with van der Waals surface area (Å²) in [5.41, 5.74) is 1.83. The molecule has 3 heteroatoms. The fourth-order valence-electron chi connectivity index (χ4n) is 1.09. The lowest BCUT2D eigenvalue weighted by Crippen LogP contribution is -1.96. The summed E-state index contributed by atoms with van der Waals surface area (Å²) in [5, 5.41) is 0. The molecule has 0 bridgehead atoms. The van der Waals surface area contributed by atoms with Crippen molar-refractivity contribution in [1.29, 1.82) is 0 Å². The van der Waals surface area contributed by atoms with Crippen molar-refractivity contribution >= 4 is 0 Å². The van der Waals surface area contributed by atoms with Gasteiger partial charge in [0.25, 0.3) is 0 Å². The first-order valence-corrected chi connectivity index (χ1v) is 3.75. The monoisotopic (exact) mass is 167 g/mol. The molecule has 0 N–H and O–H groups in total. The fraction of sp³-hybridized carbons (Fsp3) is 0.444. The predicted molar refractivity (Wildman–Crippen MR) is 46.8 cm³/mol. The van der Waals surface area contributed by atoms with Crippen molar-refractivity contribution < 1.29 is 9.47 Å². The van der Waals surface area contributed by atoms with Gasteiger partial charge < -0.3 is 9.47 Å². The largest absolute Gasteiger partial charge is 0.496 e. The van der Waals surface area contributed by atoms with Gasteiger partial charge in [-0.3, -0.25) is 0 Å². The van der Waals surface area contributed by atoms with Crippen molar-refractivity contribution in [1.82, 2.24) is 4.98 Å². The number of hydrogen-bond acceptors (Lipinski definition) is 3. The van der Waals surface area contributed by atoms with Crippen LogP contribution >= 0.6 is 0 Å². The lowest BCUT2D eigenvalue weighted by atomic mass is 10.2. The maximum atomic E-state index is 5.15. The smallest absolute Gasteiger partial charge is 0.219 e. The number of aryl methyl sites for hydroxylation is 1. The first kappa shape index (κ1) is 8.84. The van der Waals surface area contributed by atoms with Gasteiger partial charge in [-0.05, 0) is 13.8 Å². The van der Waals surface area contributed by atoms with E-state index in [2.05, 4.69) is 4.98 Å². The normalized spacial score (nSPS) is 9.67. The second-order valence-corrected chi connectivity index (χ2v) is 2.60. The first-order valence-electron chi connectivity index (χ1n) is 3.75. The lowest BCUT2D eigenvalue weighted by molar-refractivity contribution is 0.375. The Morgan fingerprint density at radius 2 is 1.83 bits per heavy atom. The Kier molecular flexibility index (Phi) is 2.53. The van der Waals surface area contributed by atoms with Gasteiger partial charge in [-0.15, -0.1) is 0 Å². The highest BCUT2D eigenvalue weighted by molar-refractivity contribution is 5.40. The van der Waals surface area contributed by atoms with Crippen LogP contribution in [0.4, 0.5) is 0 Å². The van der Waals surface area contributed by atoms with Crippen molar-refractivity contribution in [2.75, 3.05) is 14.2 Å². The second kappa shape index (κ2) is 3.43. The maximum absolute atomic E-state index is 5.15. The van der Waals surface area contributed by atoms with Gasteiger partial charge in [-0.25, -0.2) is 4.98 Å². The Hall–Kier alpha value is -1.25. The molecule has 0 saturated carbocycles. The summed E-state index contributed by atoms with van der Waals surface area (Å²) in [6.07, 6.45) is 0. The minimum atomic E-state index is 0.631. The van der Waals surface area contributed by atoms with Crippen LogP contribution in [-0.2, 0) is 0 Å². The summed E-state index contributed by atoms with van der Waals surface area (Å²) in [4.78, 5) is 4.20. The molecule has 0 aliphatic rings. The molecule has 0 amide bonds. The van der Waals surface area contributed by atoms with Gasteiger partial charge in [0, 0.05) is 11.8 Å². The Bertz CT molecular complexity index is 259. The molecule has 0 fully saturated rings. The zero-order chi connectivity index (χ0) is 9.14. The zero-order valence-electron chi connectivity index (χ0n) is 7.84. The second-order valence-electron chi connectivity index (χ2n) is 2.60. The van der Waals surface area contributed by atoms with E-state index < -0.39 is 0 Å². The SMILES string of the molecule is COc1cc(C)nc(OC)c1C. The van der Waals surface area contributed by atoms with E-state index in [-0.39, 0.29) is 0 Å². The van der Waals surface area contributed by atoms with E-state index in [9.17, 15) is 0 Å². The third-order valence-corrected chi connectivity index (χ3v) is 1.72. The van der Waals surface area contributed by atoms with Crippen LogP contribution in [0.15, 0.2) is 6.07 Å². The van der Waals surface area contributed by atoms with Crippen molar-refractivity contribution in [2.24, 2.45) is 0 Å². The molecule has 3 nitrogen and oxygen atoms in total. The van der Waals surface area contributed by atoms with E-state index in [0.717, 1.165) is 17.0 Å². The maximum Gasteiger partial charge on any atom is 0.219 e. The number of methoxy groups -OCH3 is 2. The Labute approximate surface area is 72.3 Å². The first-order chi connectivity index (χ1) is 5.69.